The van der Waals surface area contributed by atoms with Crippen molar-refractivity contribution in [3.63, 3.8) is 0 Å². The molecular weight excluding hydrogens is 278 g/mol. The summed E-state index contributed by atoms with van der Waals surface area (Å²) in [7, 11) is 0. The maximum atomic E-state index is 12.4. The van der Waals surface area contributed by atoms with Crippen LogP contribution in [-0.2, 0) is 6.42 Å². The molecule has 7 heteroatoms. The highest BCUT2D eigenvalue weighted by Crippen LogP contribution is 2.35. The van der Waals surface area contributed by atoms with Crippen LogP contribution in [0.25, 0.3) is 5.13 Å². The smallest absolute Gasteiger partial charge is 0.273 e. The second-order valence-electron chi connectivity index (χ2n) is 4.48. The lowest BCUT2D eigenvalue weighted by Crippen LogP contribution is -2.25. The van der Waals surface area contributed by atoms with Crippen LogP contribution >= 0.6 is 11.3 Å². The van der Waals surface area contributed by atoms with Crippen molar-refractivity contribution < 1.29 is 9.90 Å². The fraction of sp³-hybridized carbons (Fsp3) is 0.231. The molecule has 2 aromatic heterocycles. The highest BCUT2D eigenvalue weighted by Gasteiger charge is 2.25. The van der Waals surface area contributed by atoms with Gasteiger partial charge in [-0.1, -0.05) is 0 Å². The van der Waals surface area contributed by atoms with Gasteiger partial charge in [-0.25, -0.2) is 14.5 Å². The number of aromatic nitrogens is 2. The minimum absolute atomic E-state index is 0.242. The first-order chi connectivity index (χ1) is 9.63. The molecule has 1 aliphatic heterocycles. The second-order valence-corrected chi connectivity index (χ2v) is 5.36. The number of thiazole rings is 1. The Kier molecular flexibility index (Phi) is 2.98. The van der Waals surface area contributed by atoms with E-state index >= 15 is 0 Å². The van der Waals surface area contributed by atoms with E-state index in [1.807, 2.05) is 6.92 Å². The Balaban J connectivity index is 2.45. The monoisotopic (exact) mass is 289 g/mol. The molecule has 0 amide bonds. The lowest BCUT2D eigenvalue weighted by molar-refractivity contribution is 0.111. The van der Waals surface area contributed by atoms with Gasteiger partial charge in [0.2, 0.25) is 0 Å². The Hall–Kier alpha value is -2.28. The van der Waals surface area contributed by atoms with Crippen LogP contribution in [-0.4, -0.2) is 26.7 Å². The molecule has 0 saturated carbocycles. The van der Waals surface area contributed by atoms with Crippen molar-refractivity contribution in [1.82, 2.24) is 9.55 Å². The molecule has 0 fully saturated rings. The van der Waals surface area contributed by atoms with Crippen molar-refractivity contribution in [2.45, 2.75) is 19.8 Å². The van der Waals surface area contributed by atoms with Crippen LogP contribution in [0.2, 0.25) is 0 Å². The Morgan fingerprint density at radius 2 is 2.25 bits per heavy atom. The van der Waals surface area contributed by atoms with Gasteiger partial charge in [0.05, 0.1) is 0 Å². The van der Waals surface area contributed by atoms with Crippen molar-refractivity contribution in [3.05, 3.63) is 33.1 Å². The molecule has 0 atom stereocenters. The number of fused-ring (bicyclic) bond motifs is 1. The number of aldehydes is 1. The number of nitrogens with zero attached hydrogens (tertiary/aromatic N) is 3. The third-order valence-corrected chi connectivity index (χ3v) is 3.97. The van der Waals surface area contributed by atoms with Crippen LogP contribution in [0.15, 0.2) is 21.4 Å². The van der Waals surface area contributed by atoms with Gasteiger partial charge in [-0.05, 0) is 19.8 Å². The van der Waals surface area contributed by atoms with Crippen molar-refractivity contribution in [3.8, 4) is 10.9 Å². The van der Waals surface area contributed by atoms with E-state index in [0.717, 1.165) is 5.71 Å². The predicted octanol–water partition coefficient (Wildman–Crippen LogP) is 1.85. The molecule has 1 N–H and O–H groups in total. The SMILES string of the molecule is CC1=Nc2c(c(O)c(C=O)c(=O)n2-c2nccs2)CC1. The summed E-state index contributed by atoms with van der Waals surface area (Å²) in [5.74, 6) is 0.112. The number of aromatic hydroxyl groups is 1. The summed E-state index contributed by atoms with van der Waals surface area (Å²) in [6.45, 7) is 1.87. The van der Waals surface area contributed by atoms with Crippen molar-refractivity contribution >= 4 is 29.2 Å². The van der Waals surface area contributed by atoms with Gasteiger partial charge in [0.15, 0.2) is 11.4 Å². The Bertz CT molecular complexity index is 775. The van der Waals surface area contributed by atoms with E-state index in [1.165, 1.54) is 15.9 Å². The standard InChI is InChI=1S/C13H11N3O3S/c1-7-2-3-8-10(18)9(6-17)12(19)16(11(8)15-7)13-14-4-5-20-13/h4-6,18H,2-3H2,1H3. The number of hydrogen-bond acceptors (Lipinski definition) is 6. The largest absolute Gasteiger partial charge is 0.507 e. The number of rotatable bonds is 2. The zero-order valence-electron chi connectivity index (χ0n) is 10.7. The topological polar surface area (TPSA) is 84.5 Å². The lowest BCUT2D eigenvalue weighted by Gasteiger charge is -2.19. The van der Waals surface area contributed by atoms with Gasteiger partial charge in [0.1, 0.15) is 17.1 Å². The maximum absolute atomic E-state index is 12.4. The third-order valence-electron chi connectivity index (χ3n) is 3.22. The third kappa shape index (κ3) is 1.78. The van der Waals surface area contributed by atoms with Crippen LogP contribution in [0.1, 0.15) is 29.3 Å². The van der Waals surface area contributed by atoms with Crippen molar-refractivity contribution in [2.24, 2.45) is 4.99 Å². The summed E-state index contributed by atoms with van der Waals surface area (Å²) in [6.07, 6.45) is 3.19. The molecule has 102 valence electrons. The molecule has 6 nitrogen and oxygen atoms in total. The summed E-state index contributed by atoms with van der Waals surface area (Å²) in [4.78, 5) is 31.9. The summed E-state index contributed by atoms with van der Waals surface area (Å²) in [6, 6.07) is 0. The molecule has 3 rings (SSSR count). The molecule has 2 aromatic rings. The molecule has 0 radical (unpaired) electrons. The van der Waals surface area contributed by atoms with Crippen LogP contribution in [0, 0.1) is 0 Å². The van der Waals surface area contributed by atoms with Crippen molar-refractivity contribution in [1.29, 1.82) is 0 Å². The number of carbonyl (C=O) groups excluding carboxylic acids is 1. The Morgan fingerprint density at radius 1 is 1.45 bits per heavy atom. The summed E-state index contributed by atoms with van der Waals surface area (Å²) in [5.41, 5.74) is 0.561. The summed E-state index contributed by atoms with van der Waals surface area (Å²) >= 11 is 1.27. The molecule has 0 aliphatic carbocycles. The molecule has 1 aliphatic rings. The van der Waals surface area contributed by atoms with Crippen molar-refractivity contribution in [2.75, 3.05) is 0 Å². The first-order valence-corrected chi connectivity index (χ1v) is 6.91. The van der Waals surface area contributed by atoms with E-state index in [9.17, 15) is 14.7 Å². The lowest BCUT2D eigenvalue weighted by atomic mass is 10.0. The minimum atomic E-state index is -0.593. The molecular formula is C13H11N3O3S. The Labute approximate surface area is 118 Å². The van der Waals surface area contributed by atoms with Crippen LogP contribution in [0.3, 0.4) is 0 Å². The Morgan fingerprint density at radius 3 is 2.90 bits per heavy atom. The second kappa shape index (κ2) is 4.68. The van der Waals surface area contributed by atoms with E-state index in [-0.39, 0.29) is 11.3 Å². The average molecular weight is 289 g/mol. The zero-order chi connectivity index (χ0) is 14.3. The normalized spacial score (nSPS) is 13.8. The number of hydrogen-bond donors (Lipinski definition) is 1. The molecule has 3 heterocycles. The number of carbonyl (C=O) groups is 1. The summed E-state index contributed by atoms with van der Waals surface area (Å²) in [5, 5.41) is 12.3. The van der Waals surface area contributed by atoms with Gasteiger partial charge in [-0.3, -0.25) is 9.59 Å². The zero-order valence-corrected chi connectivity index (χ0v) is 11.5. The van der Waals surface area contributed by atoms with E-state index in [1.54, 1.807) is 11.6 Å². The van der Waals surface area contributed by atoms with E-state index in [4.69, 9.17) is 0 Å². The van der Waals surface area contributed by atoms with E-state index in [0.29, 0.717) is 35.6 Å². The average Bonchev–Trinajstić information content (AvgIpc) is 2.93. The predicted molar refractivity (Wildman–Crippen MR) is 75.9 cm³/mol. The van der Waals surface area contributed by atoms with Crippen LogP contribution in [0.4, 0.5) is 5.82 Å². The fourth-order valence-corrected chi connectivity index (χ4v) is 2.86. The van der Waals surface area contributed by atoms with Gasteiger partial charge in [0, 0.05) is 22.9 Å². The molecule has 0 unspecified atom stereocenters. The fourth-order valence-electron chi connectivity index (χ4n) is 2.22. The first-order valence-electron chi connectivity index (χ1n) is 6.03. The molecule has 0 aromatic carbocycles. The van der Waals surface area contributed by atoms with E-state index < -0.39 is 5.56 Å². The number of pyridine rings is 1. The quantitative estimate of drug-likeness (QED) is 0.855. The first kappa shape index (κ1) is 12.7. The van der Waals surface area contributed by atoms with Gasteiger partial charge < -0.3 is 5.11 Å². The van der Waals surface area contributed by atoms with Gasteiger partial charge in [-0.2, -0.15) is 0 Å². The molecule has 0 spiro atoms. The van der Waals surface area contributed by atoms with Crippen LogP contribution < -0.4 is 5.56 Å². The minimum Gasteiger partial charge on any atom is -0.507 e. The highest BCUT2D eigenvalue weighted by molar-refractivity contribution is 7.12. The van der Waals surface area contributed by atoms with E-state index in [2.05, 4.69) is 9.98 Å². The summed E-state index contributed by atoms with van der Waals surface area (Å²) < 4.78 is 1.30. The number of aliphatic imine (C=N–C) groups is 1. The molecule has 0 saturated heterocycles. The highest BCUT2D eigenvalue weighted by atomic mass is 32.1. The van der Waals surface area contributed by atoms with Gasteiger partial charge in [0.25, 0.3) is 5.56 Å². The van der Waals surface area contributed by atoms with Gasteiger partial charge in [-0.15, -0.1) is 11.3 Å². The molecule has 20 heavy (non-hydrogen) atoms. The maximum Gasteiger partial charge on any atom is 0.273 e. The van der Waals surface area contributed by atoms with Gasteiger partial charge >= 0.3 is 0 Å². The van der Waals surface area contributed by atoms with Crippen LogP contribution in [0.5, 0.6) is 5.75 Å². The molecule has 0 bridgehead atoms.